The number of nitrogens with zero attached hydrogens (tertiary/aromatic N) is 4. The van der Waals surface area contributed by atoms with Gasteiger partial charge in [0.15, 0.2) is 0 Å². The molecule has 0 aliphatic carbocycles. The maximum Gasteiger partial charge on any atom is 0.230 e. The Labute approximate surface area is 177 Å². The molecule has 0 N–H and O–H groups in total. The number of methoxy groups -OCH3 is 1. The first-order chi connectivity index (χ1) is 14.4. The average molecular weight is 415 g/mol. The molecule has 0 radical (unpaired) electrons. The van der Waals surface area contributed by atoms with Crippen LogP contribution in [0.1, 0.15) is 43.5 Å². The lowest BCUT2D eigenvalue weighted by Crippen LogP contribution is -2.40. The Balaban J connectivity index is 1.63. The monoisotopic (exact) mass is 414 g/mol. The van der Waals surface area contributed by atoms with Gasteiger partial charge in [0.05, 0.1) is 24.0 Å². The van der Waals surface area contributed by atoms with Gasteiger partial charge in [0, 0.05) is 63.6 Å². The first-order valence-electron chi connectivity index (χ1n) is 10.7. The van der Waals surface area contributed by atoms with Crippen molar-refractivity contribution in [3.05, 3.63) is 53.9 Å². The fourth-order valence-electron chi connectivity index (χ4n) is 4.93. The summed E-state index contributed by atoms with van der Waals surface area (Å²) in [7, 11) is 1.66. The third kappa shape index (κ3) is 3.76. The van der Waals surface area contributed by atoms with Gasteiger partial charge < -0.3 is 14.2 Å². The molecule has 2 atom stereocenters. The number of aromatic nitrogens is 2. The van der Waals surface area contributed by atoms with E-state index in [2.05, 4.69) is 34.5 Å². The molecule has 162 valence electrons. The van der Waals surface area contributed by atoms with Gasteiger partial charge in [0.1, 0.15) is 5.82 Å². The van der Waals surface area contributed by atoms with Crippen LogP contribution in [0, 0.1) is 11.2 Å². The predicted molar refractivity (Wildman–Crippen MR) is 113 cm³/mol. The molecule has 4 rings (SSSR count). The standard InChI is InChI=1S/C23H31FN4O2/c1-17(2)28-14-21(25-16-28)19-13-26(12-18-6-4-5-7-20(18)24)15-23(19)8-9-27(22(23)29)10-11-30-3/h4-7,14,16-17,19H,8-13,15H2,1-3H3/t19-,23-/m1/s1. The van der Waals surface area contributed by atoms with Crippen LogP contribution in [-0.2, 0) is 16.1 Å². The van der Waals surface area contributed by atoms with Gasteiger partial charge in [-0.15, -0.1) is 0 Å². The Morgan fingerprint density at radius 3 is 2.83 bits per heavy atom. The highest BCUT2D eigenvalue weighted by molar-refractivity contribution is 5.86. The normalized spacial score (nSPS) is 24.6. The first kappa shape index (κ1) is 21.0. The van der Waals surface area contributed by atoms with E-state index in [1.165, 1.54) is 6.07 Å². The van der Waals surface area contributed by atoms with E-state index in [1.807, 2.05) is 23.4 Å². The van der Waals surface area contributed by atoms with E-state index in [1.54, 1.807) is 13.2 Å². The molecule has 2 fully saturated rings. The Bertz CT molecular complexity index is 899. The van der Waals surface area contributed by atoms with Crippen molar-refractivity contribution in [3.63, 3.8) is 0 Å². The zero-order chi connectivity index (χ0) is 21.3. The number of imidazole rings is 1. The zero-order valence-electron chi connectivity index (χ0n) is 18.1. The lowest BCUT2D eigenvalue weighted by Gasteiger charge is -2.28. The van der Waals surface area contributed by atoms with Crippen molar-refractivity contribution in [2.45, 2.75) is 38.8 Å². The quantitative estimate of drug-likeness (QED) is 0.699. The maximum atomic E-state index is 14.3. The zero-order valence-corrected chi connectivity index (χ0v) is 18.1. The minimum absolute atomic E-state index is 0.00400. The number of hydrogen-bond donors (Lipinski definition) is 0. The number of carbonyl (C=O) groups is 1. The number of carbonyl (C=O) groups excluding carboxylic acids is 1. The molecular formula is C23H31FN4O2. The van der Waals surface area contributed by atoms with Gasteiger partial charge in [-0.05, 0) is 26.3 Å². The van der Waals surface area contributed by atoms with Crippen molar-refractivity contribution in [3.8, 4) is 0 Å². The predicted octanol–water partition coefficient (Wildman–Crippen LogP) is 3.07. The van der Waals surface area contributed by atoms with Crippen LogP contribution < -0.4 is 0 Å². The van der Waals surface area contributed by atoms with Gasteiger partial charge in [-0.25, -0.2) is 9.37 Å². The maximum absolute atomic E-state index is 14.3. The van der Waals surface area contributed by atoms with Crippen molar-refractivity contribution >= 4 is 5.91 Å². The van der Waals surface area contributed by atoms with Crippen molar-refractivity contribution in [2.75, 3.05) is 39.9 Å². The van der Waals surface area contributed by atoms with Crippen molar-refractivity contribution in [1.82, 2.24) is 19.4 Å². The Hall–Kier alpha value is -2.25. The second-order valence-corrected chi connectivity index (χ2v) is 8.84. The molecule has 0 saturated carbocycles. The molecule has 2 saturated heterocycles. The number of halogens is 1. The summed E-state index contributed by atoms with van der Waals surface area (Å²) in [5, 5.41) is 0. The number of hydrogen-bond acceptors (Lipinski definition) is 4. The topological polar surface area (TPSA) is 50.6 Å². The third-order valence-corrected chi connectivity index (χ3v) is 6.65. The van der Waals surface area contributed by atoms with E-state index in [0.29, 0.717) is 44.4 Å². The summed E-state index contributed by atoms with van der Waals surface area (Å²) in [5.74, 6) is -0.0115. The molecule has 2 aromatic rings. The van der Waals surface area contributed by atoms with Crippen molar-refractivity contribution in [2.24, 2.45) is 5.41 Å². The summed E-state index contributed by atoms with van der Waals surface area (Å²) in [6.45, 7) is 7.94. The summed E-state index contributed by atoms with van der Waals surface area (Å²) in [4.78, 5) is 22.4. The average Bonchev–Trinajstić information content (AvgIpc) is 3.42. The Kier molecular flexibility index (Phi) is 5.93. The molecule has 30 heavy (non-hydrogen) atoms. The third-order valence-electron chi connectivity index (χ3n) is 6.65. The van der Waals surface area contributed by atoms with E-state index < -0.39 is 5.41 Å². The van der Waals surface area contributed by atoms with Crippen molar-refractivity contribution < 1.29 is 13.9 Å². The number of likely N-dealkylation sites (tertiary alicyclic amines) is 2. The molecule has 1 aromatic carbocycles. The van der Waals surface area contributed by atoms with Crippen LogP contribution in [0.2, 0.25) is 0 Å². The number of amides is 1. The van der Waals surface area contributed by atoms with Crippen LogP contribution in [0.3, 0.4) is 0 Å². The van der Waals surface area contributed by atoms with Gasteiger partial charge in [0.25, 0.3) is 0 Å². The van der Waals surface area contributed by atoms with E-state index >= 15 is 0 Å². The lowest BCUT2D eigenvalue weighted by molar-refractivity contribution is -0.136. The fourth-order valence-corrected chi connectivity index (χ4v) is 4.93. The number of ether oxygens (including phenoxy) is 1. The minimum atomic E-state index is -0.505. The summed E-state index contributed by atoms with van der Waals surface area (Å²) >= 11 is 0. The van der Waals surface area contributed by atoms with Gasteiger partial charge in [0.2, 0.25) is 5.91 Å². The van der Waals surface area contributed by atoms with Crippen molar-refractivity contribution in [1.29, 1.82) is 0 Å². The summed E-state index contributed by atoms with van der Waals surface area (Å²) in [6, 6.07) is 7.20. The molecular weight excluding hydrogens is 383 g/mol. The summed E-state index contributed by atoms with van der Waals surface area (Å²) in [6.07, 6.45) is 4.73. The minimum Gasteiger partial charge on any atom is -0.383 e. The molecule has 1 amide bonds. The Morgan fingerprint density at radius 1 is 1.33 bits per heavy atom. The lowest BCUT2D eigenvalue weighted by atomic mass is 9.75. The van der Waals surface area contributed by atoms with Crippen LogP contribution in [0.25, 0.3) is 0 Å². The number of rotatable bonds is 7. The van der Waals surface area contributed by atoms with Gasteiger partial charge in [-0.3, -0.25) is 9.69 Å². The highest BCUT2D eigenvalue weighted by Crippen LogP contribution is 2.49. The van der Waals surface area contributed by atoms with Crippen LogP contribution in [0.5, 0.6) is 0 Å². The van der Waals surface area contributed by atoms with E-state index in [0.717, 1.165) is 18.7 Å². The van der Waals surface area contributed by atoms with Crippen LogP contribution in [-0.4, -0.2) is 65.2 Å². The largest absolute Gasteiger partial charge is 0.383 e. The highest BCUT2D eigenvalue weighted by Gasteiger charge is 2.57. The summed E-state index contributed by atoms with van der Waals surface area (Å²) in [5.41, 5.74) is 1.12. The molecule has 3 heterocycles. The highest BCUT2D eigenvalue weighted by atomic mass is 19.1. The van der Waals surface area contributed by atoms with E-state index in [-0.39, 0.29) is 17.6 Å². The molecule has 7 heteroatoms. The Morgan fingerprint density at radius 2 is 2.13 bits per heavy atom. The SMILES string of the molecule is COCCN1CC[C@]2(CN(Cc3ccccc3F)C[C@@H]2c2cn(C(C)C)cn2)C1=O. The smallest absolute Gasteiger partial charge is 0.230 e. The van der Waals surface area contributed by atoms with Gasteiger partial charge in [-0.2, -0.15) is 0 Å². The van der Waals surface area contributed by atoms with Gasteiger partial charge in [-0.1, -0.05) is 18.2 Å². The van der Waals surface area contributed by atoms with E-state index in [9.17, 15) is 9.18 Å². The number of benzene rings is 1. The molecule has 2 aliphatic rings. The second-order valence-electron chi connectivity index (χ2n) is 8.84. The summed E-state index contributed by atoms with van der Waals surface area (Å²) < 4.78 is 21.6. The van der Waals surface area contributed by atoms with Gasteiger partial charge >= 0.3 is 0 Å². The molecule has 0 bridgehead atoms. The second kappa shape index (κ2) is 8.47. The molecule has 1 aromatic heterocycles. The first-order valence-corrected chi connectivity index (χ1v) is 10.7. The molecule has 2 aliphatic heterocycles. The van der Waals surface area contributed by atoms with Crippen LogP contribution >= 0.6 is 0 Å². The molecule has 0 unspecified atom stereocenters. The molecule has 1 spiro atoms. The molecule has 6 nitrogen and oxygen atoms in total. The van der Waals surface area contributed by atoms with Crippen LogP contribution in [0.15, 0.2) is 36.8 Å². The van der Waals surface area contributed by atoms with E-state index in [4.69, 9.17) is 4.74 Å². The fraction of sp³-hybridized carbons (Fsp3) is 0.565. The van der Waals surface area contributed by atoms with Crippen LogP contribution in [0.4, 0.5) is 4.39 Å².